The minimum atomic E-state index is 0. The Morgan fingerprint density at radius 1 is 1.16 bits per heavy atom. The summed E-state index contributed by atoms with van der Waals surface area (Å²) in [7, 11) is 0. The normalized spacial score (nSPS) is 16.3. The molecule has 0 aromatic heterocycles. The van der Waals surface area contributed by atoms with Crippen LogP contribution in [-0.4, -0.2) is 49.6 Å². The molecular weight excluding hydrogens is 423 g/mol. The first-order chi connectivity index (χ1) is 11.8. The zero-order valence-corrected chi connectivity index (χ0v) is 18.2. The fraction of sp³-hybridized carbons (Fsp3) is 0.650. The number of halogens is 1. The number of hydrogen-bond acceptors (Lipinski definition) is 2. The zero-order chi connectivity index (χ0) is 17.0. The summed E-state index contributed by atoms with van der Waals surface area (Å²) in [5.74, 6) is 0.986. The summed E-state index contributed by atoms with van der Waals surface area (Å²) in [6.45, 7) is 9.83. The number of aliphatic imine (C=N–C) groups is 1. The molecule has 1 aliphatic rings. The van der Waals surface area contributed by atoms with Crippen LogP contribution in [0.1, 0.15) is 45.1 Å². The molecule has 1 aromatic carbocycles. The van der Waals surface area contributed by atoms with Gasteiger partial charge in [-0.1, -0.05) is 37.3 Å². The van der Waals surface area contributed by atoms with Gasteiger partial charge in [0, 0.05) is 32.2 Å². The molecule has 1 heterocycles. The molecule has 0 bridgehead atoms. The molecule has 0 saturated carbocycles. The van der Waals surface area contributed by atoms with E-state index in [2.05, 4.69) is 59.7 Å². The second kappa shape index (κ2) is 13.4. The van der Waals surface area contributed by atoms with E-state index in [-0.39, 0.29) is 24.0 Å². The van der Waals surface area contributed by atoms with Crippen molar-refractivity contribution in [3.05, 3.63) is 35.9 Å². The molecular formula is C20H35IN4. The third-order valence-electron chi connectivity index (χ3n) is 4.55. The molecule has 1 aromatic rings. The lowest BCUT2D eigenvalue weighted by molar-refractivity contribution is 0.206. The number of aryl methyl sites for hydroxylation is 1. The molecule has 1 aliphatic heterocycles. The Labute approximate surface area is 170 Å². The average molecular weight is 458 g/mol. The molecule has 2 N–H and O–H groups in total. The van der Waals surface area contributed by atoms with Crippen LogP contribution in [0.25, 0.3) is 0 Å². The smallest absolute Gasteiger partial charge is 0.191 e. The van der Waals surface area contributed by atoms with Gasteiger partial charge in [0.1, 0.15) is 0 Å². The van der Waals surface area contributed by atoms with E-state index in [1.807, 2.05) is 0 Å². The van der Waals surface area contributed by atoms with E-state index in [9.17, 15) is 0 Å². The first-order valence-electron chi connectivity index (χ1n) is 9.63. The van der Waals surface area contributed by atoms with Crippen LogP contribution < -0.4 is 10.6 Å². The predicted octanol–water partition coefficient (Wildman–Crippen LogP) is 3.67. The lowest BCUT2D eigenvalue weighted by Gasteiger charge is -2.32. The van der Waals surface area contributed by atoms with Gasteiger partial charge in [-0.2, -0.15) is 0 Å². The molecule has 1 saturated heterocycles. The topological polar surface area (TPSA) is 39.7 Å². The maximum absolute atomic E-state index is 4.76. The lowest BCUT2D eigenvalue weighted by atomic mass is 10.1. The summed E-state index contributed by atoms with van der Waals surface area (Å²) in [6, 6.07) is 11.2. The van der Waals surface area contributed by atoms with Crippen LogP contribution in [0.5, 0.6) is 0 Å². The van der Waals surface area contributed by atoms with Crippen molar-refractivity contribution in [1.82, 2.24) is 15.5 Å². The second-order valence-electron chi connectivity index (χ2n) is 6.61. The van der Waals surface area contributed by atoms with Crippen LogP contribution in [0.2, 0.25) is 0 Å². The molecule has 1 fully saturated rings. The number of benzene rings is 1. The number of rotatable bonds is 8. The third-order valence-corrected chi connectivity index (χ3v) is 4.55. The molecule has 0 spiro atoms. The second-order valence-corrected chi connectivity index (χ2v) is 6.61. The molecule has 0 aliphatic carbocycles. The Morgan fingerprint density at radius 2 is 1.88 bits per heavy atom. The molecule has 4 nitrogen and oxygen atoms in total. The number of nitrogens with zero attached hydrogens (tertiary/aromatic N) is 2. The number of piperidine rings is 1. The molecule has 0 radical (unpaired) electrons. The van der Waals surface area contributed by atoms with Gasteiger partial charge in [-0.15, -0.1) is 24.0 Å². The Hall–Kier alpha value is -0.820. The van der Waals surface area contributed by atoms with Gasteiger partial charge in [-0.05, 0) is 51.1 Å². The van der Waals surface area contributed by atoms with Gasteiger partial charge in [-0.25, -0.2) is 0 Å². The summed E-state index contributed by atoms with van der Waals surface area (Å²) in [5, 5.41) is 7.02. The van der Waals surface area contributed by atoms with Gasteiger partial charge in [0.15, 0.2) is 5.96 Å². The van der Waals surface area contributed by atoms with Crippen molar-refractivity contribution >= 4 is 29.9 Å². The van der Waals surface area contributed by atoms with Gasteiger partial charge in [-0.3, -0.25) is 4.99 Å². The highest BCUT2D eigenvalue weighted by Crippen LogP contribution is 2.10. The van der Waals surface area contributed by atoms with E-state index < -0.39 is 0 Å². The highest BCUT2D eigenvalue weighted by atomic mass is 127. The van der Waals surface area contributed by atoms with Crippen LogP contribution in [0.15, 0.2) is 35.3 Å². The minimum Gasteiger partial charge on any atom is -0.357 e. The molecule has 0 atom stereocenters. The molecule has 0 unspecified atom stereocenters. The number of guanidine groups is 1. The summed E-state index contributed by atoms with van der Waals surface area (Å²) < 4.78 is 0. The summed E-state index contributed by atoms with van der Waals surface area (Å²) in [4.78, 5) is 7.33. The summed E-state index contributed by atoms with van der Waals surface area (Å²) in [6.07, 6.45) is 5.88. The average Bonchev–Trinajstić information content (AvgIpc) is 2.61. The van der Waals surface area contributed by atoms with E-state index in [1.54, 1.807) is 0 Å². The van der Waals surface area contributed by atoms with Gasteiger partial charge in [0.25, 0.3) is 0 Å². The quantitative estimate of drug-likeness (QED) is 0.270. The minimum absolute atomic E-state index is 0. The Balaban J connectivity index is 0.00000312. The number of nitrogens with one attached hydrogen (secondary N) is 2. The van der Waals surface area contributed by atoms with Crippen molar-refractivity contribution in [1.29, 1.82) is 0 Å². The monoisotopic (exact) mass is 458 g/mol. The van der Waals surface area contributed by atoms with Crippen LogP contribution in [0, 0.1) is 0 Å². The van der Waals surface area contributed by atoms with Crippen molar-refractivity contribution in [2.24, 2.45) is 4.99 Å². The van der Waals surface area contributed by atoms with Crippen LogP contribution in [0.4, 0.5) is 0 Å². The van der Waals surface area contributed by atoms with Crippen LogP contribution in [-0.2, 0) is 6.42 Å². The first kappa shape index (κ1) is 22.2. The lowest BCUT2D eigenvalue weighted by Crippen LogP contribution is -2.48. The van der Waals surface area contributed by atoms with Gasteiger partial charge in [0.2, 0.25) is 0 Å². The van der Waals surface area contributed by atoms with E-state index in [0.717, 1.165) is 31.9 Å². The van der Waals surface area contributed by atoms with Crippen LogP contribution in [0.3, 0.4) is 0 Å². The standard InChI is InChI=1S/C20H34N4.HI/c1-3-15-24-16-12-19(13-17-24)23-20(21-4-2)22-14-8-11-18-9-6-5-7-10-18;/h5-7,9-10,19H,3-4,8,11-17H2,1-2H3,(H2,21,22,23);1H. The summed E-state index contributed by atoms with van der Waals surface area (Å²) in [5.41, 5.74) is 1.40. The molecule has 0 amide bonds. The number of hydrogen-bond donors (Lipinski definition) is 2. The maximum atomic E-state index is 4.76. The van der Waals surface area contributed by atoms with E-state index >= 15 is 0 Å². The SMILES string of the molecule is CCCN1CCC(NC(=NCCCc2ccccc2)NCC)CC1.I. The Bertz CT molecular complexity index is 470. The van der Waals surface area contributed by atoms with E-state index in [4.69, 9.17) is 4.99 Å². The van der Waals surface area contributed by atoms with Crippen molar-refractivity contribution in [2.75, 3.05) is 32.7 Å². The molecule has 2 rings (SSSR count). The van der Waals surface area contributed by atoms with E-state index in [1.165, 1.54) is 44.5 Å². The van der Waals surface area contributed by atoms with Crippen molar-refractivity contribution in [3.8, 4) is 0 Å². The highest BCUT2D eigenvalue weighted by Gasteiger charge is 2.19. The van der Waals surface area contributed by atoms with Crippen LogP contribution >= 0.6 is 24.0 Å². The van der Waals surface area contributed by atoms with Crippen molar-refractivity contribution in [2.45, 2.75) is 52.0 Å². The molecule has 5 heteroatoms. The van der Waals surface area contributed by atoms with Crippen molar-refractivity contribution < 1.29 is 0 Å². The van der Waals surface area contributed by atoms with Crippen molar-refractivity contribution in [3.63, 3.8) is 0 Å². The maximum Gasteiger partial charge on any atom is 0.191 e. The van der Waals surface area contributed by atoms with E-state index in [0.29, 0.717) is 6.04 Å². The fourth-order valence-corrected chi connectivity index (χ4v) is 3.25. The summed E-state index contributed by atoms with van der Waals surface area (Å²) >= 11 is 0. The Kier molecular flexibility index (Phi) is 11.9. The molecule has 142 valence electrons. The highest BCUT2D eigenvalue weighted by molar-refractivity contribution is 14.0. The predicted molar refractivity (Wildman–Crippen MR) is 119 cm³/mol. The molecule has 25 heavy (non-hydrogen) atoms. The zero-order valence-electron chi connectivity index (χ0n) is 15.8. The Morgan fingerprint density at radius 3 is 2.52 bits per heavy atom. The third kappa shape index (κ3) is 8.90. The number of likely N-dealkylation sites (tertiary alicyclic amines) is 1. The first-order valence-corrected chi connectivity index (χ1v) is 9.63. The largest absolute Gasteiger partial charge is 0.357 e. The van der Waals surface area contributed by atoms with Gasteiger partial charge >= 0.3 is 0 Å². The van der Waals surface area contributed by atoms with Gasteiger partial charge in [0.05, 0.1) is 0 Å². The van der Waals surface area contributed by atoms with Gasteiger partial charge < -0.3 is 15.5 Å². The fourth-order valence-electron chi connectivity index (χ4n) is 3.25.